The first kappa shape index (κ1) is 13.0. The van der Waals surface area contributed by atoms with Crippen molar-refractivity contribution in [1.29, 1.82) is 0 Å². The molecule has 0 unspecified atom stereocenters. The average molecular weight is 292 g/mol. The summed E-state index contributed by atoms with van der Waals surface area (Å²) in [7, 11) is 5.74. The molecule has 0 aliphatic heterocycles. The maximum Gasteiger partial charge on any atom is 0.145 e. The number of nitrogens with zero attached hydrogens (tertiary/aromatic N) is 4. The number of ether oxygens (including phenoxy) is 1. The van der Waals surface area contributed by atoms with Crippen LogP contribution in [0.25, 0.3) is 22.0 Å². The van der Waals surface area contributed by atoms with Crippen LogP contribution in [-0.4, -0.2) is 36.2 Å². The summed E-state index contributed by atoms with van der Waals surface area (Å²) in [5.41, 5.74) is 5.20. The van der Waals surface area contributed by atoms with Crippen LogP contribution in [0.1, 0.15) is 11.4 Å². The zero-order valence-electron chi connectivity index (χ0n) is 12.8. The van der Waals surface area contributed by atoms with Crippen LogP contribution >= 0.6 is 0 Å². The molecule has 5 heteroatoms. The van der Waals surface area contributed by atoms with E-state index in [1.807, 2.05) is 38.6 Å². The van der Waals surface area contributed by atoms with Crippen molar-refractivity contribution in [3.8, 4) is 17.0 Å². The number of pyridine rings is 3. The average Bonchev–Trinajstić information content (AvgIpc) is 2.54. The molecule has 3 aromatic heterocycles. The van der Waals surface area contributed by atoms with E-state index in [1.165, 1.54) is 0 Å². The lowest BCUT2D eigenvalue weighted by molar-refractivity contribution is 0.418. The van der Waals surface area contributed by atoms with Crippen molar-refractivity contribution in [3.63, 3.8) is 0 Å². The predicted octanol–water partition coefficient (Wildman–Crippen LogP) is 2.67. The SMILES string of the molecule is COc1cnc2c3c(nccc13)-c1c(N(C)C)ccnc1C2. The van der Waals surface area contributed by atoms with Crippen molar-refractivity contribution in [2.45, 2.75) is 6.42 Å². The zero-order chi connectivity index (χ0) is 15.3. The molecule has 3 heterocycles. The third-order valence-corrected chi connectivity index (χ3v) is 4.12. The van der Waals surface area contributed by atoms with Gasteiger partial charge in [-0.25, -0.2) is 0 Å². The lowest BCUT2D eigenvalue weighted by Crippen LogP contribution is -2.15. The van der Waals surface area contributed by atoms with Gasteiger partial charge in [-0.2, -0.15) is 0 Å². The Labute approximate surface area is 128 Å². The molecule has 0 saturated heterocycles. The summed E-state index contributed by atoms with van der Waals surface area (Å²) in [5, 5.41) is 2.13. The summed E-state index contributed by atoms with van der Waals surface area (Å²) in [5.74, 6) is 0.779. The van der Waals surface area contributed by atoms with Crippen LogP contribution in [0.15, 0.2) is 30.7 Å². The first-order valence-corrected chi connectivity index (χ1v) is 7.17. The van der Waals surface area contributed by atoms with E-state index in [1.54, 1.807) is 13.3 Å². The Balaban J connectivity index is 2.14. The minimum Gasteiger partial charge on any atom is -0.494 e. The molecular formula is C17H16N4O. The van der Waals surface area contributed by atoms with Crippen LogP contribution in [0.4, 0.5) is 5.69 Å². The molecule has 0 atom stereocenters. The summed E-state index contributed by atoms with van der Waals surface area (Å²) in [6.07, 6.45) is 6.17. The Morgan fingerprint density at radius 3 is 2.64 bits per heavy atom. The maximum absolute atomic E-state index is 5.46. The predicted molar refractivity (Wildman–Crippen MR) is 86.5 cm³/mol. The number of aromatic nitrogens is 3. The molecule has 0 N–H and O–H groups in total. The molecule has 0 fully saturated rings. The Kier molecular flexibility index (Phi) is 2.76. The molecule has 0 radical (unpaired) electrons. The molecule has 1 aliphatic rings. The van der Waals surface area contributed by atoms with Gasteiger partial charge in [0.2, 0.25) is 0 Å². The smallest absolute Gasteiger partial charge is 0.145 e. The monoisotopic (exact) mass is 292 g/mol. The molecule has 5 nitrogen and oxygen atoms in total. The largest absolute Gasteiger partial charge is 0.494 e. The molecule has 4 rings (SSSR count). The highest BCUT2D eigenvalue weighted by atomic mass is 16.5. The van der Waals surface area contributed by atoms with Gasteiger partial charge in [0, 0.05) is 54.9 Å². The second kappa shape index (κ2) is 4.66. The fraction of sp³-hybridized carbons (Fsp3) is 0.235. The van der Waals surface area contributed by atoms with Crippen LogP contribution in [-0.2, 0) is 6.42 Å². The van der Waals surface area contributed by atoms with Crippen LogP contribution in [0.3, 0.4) is 0 Å². The summed E-state index contributed by atoms with van der Waals surface area (Å²) in [4.78, 5) is 15.8. The Morgan fingerprint density at radius 1 is 1.05 bits per heavy atom. The van der Waals surface area contributed by atoms with E-state index in [4.69, 9.17) is 4.74 Å². The van der Waals surface area contributed by atoms with Crippen molar-refractivity contribution >= 4 is 16.5 Å². The second-order valence-electron chi connectivity index (χ2n) is 5.58. The van der Waals surface area contributed by atoms with Gasteiger partial charge in [-0.1, -0.05) is 0 Å². The molecule has 0 saturated carbocycles. The first-order valence-electron chi connectivity index (χ1n) is 7.17. The number of methoxy groups -OCH3 is 1. The molecule has 0 aromatic carbocycles. The van der Waals surface area contributed by atoms with E-state index in [2.05, 4.69) is 19.9 Å². The van der Waals surface area contributed by atoms with Gasteiger partial charge < -0.3 is 9.64 Å². The minimum atomic E-state index is 0.718. The van der Waals surface area contributed by atoms with Crippen molar-refractivity contribution in [1.82, 2.24) is 15.0 Å². The highest BCUT2D eigenvalue weighted by molar-refractivity contribution is 6.03. The number of fused-ring (bicyclic) bond motifs is 2. The lowest BCUT2D eigenvalue weighted by atomic mass is 9.91. The maximum atomic E-state index is 5.46. The van der Waals surface area contributed by atoms with Gasteiger partial charge >= 0.3 is 0 Å². The molecule has 22 heavy (non-hydrogen) atoms. The standard InChI is InChI=1S/C17H16N4O/c1-21(2)13-5-7-18-12-8-11-15-10(14(22-3)9-20-11)4-6-19-17(15)16(12)13/h4-7,9H,8H2,1-3H3. The summed E-state index contributed by atoms with van der Waals surface area (Å²) in [6.45, 7) is 0. The van der Waals surface area contributed by atoms with Crippen LogP contribution in [0.5, 0.6) is 5.75 Å². The van der Waals surface area contributed by atoms with Crippen LogP contribution < -0.4 is 9.64 Å². The Hall–Kier alpha value is -2.69. The van der Waals surface area contributed by atoms with Crippen LogP contribution in [0.2, 0.25) is 0 Å². The number of rotatable bonds is 2. The highest BCUT2D eigenvalue weighted by Gasteiger charge is 2.25. The number of anilines is 1. The highest BCUT2D eigenvalue weighted by Crippen LogP contribution is 2.42. The molecule has 0 bridgehead atoms. The third-order valence-electron chi connectivity index (χ3n) is 4.12. The van der Waals surface area contributed by atoms with Gasteiger partial charge in [-0.3, -0.25) is 15.0 Å². The minimum absolute atomic E-state index is 0.718. The first-order chi connectivity index (χ1) is 10.7. The third kappa shape index (κ3) is 1.68. The van der Waals surface area contributed by atoms with Gasteiger partial charge in [0.05, 0.1) is 30.4 Å². The normalized spacial score (nSPS) is 12.1. The van der Waals surface area contributed by atoms with E-state index < -0.39 is 0 Å². The van der Waals surface area contributed by atoms with Crippen molar-refractivity contribution in [3.05, 3.63) is 42.1 Å². The van der Waals surface area contributed by atoms with Gasteiger partial charge in [-0.15, -0.1) is 0 Å². The molecule has 0 amide bonds. The molecule has 110 valence electrons. The van der Waals surface area contributed by atoms with E-state index in [-0.39, 0.29) is 0 Å². The summed E-state index contributed by atoms with van der Waals surface area (Å²) in [6, 6.07) is 4.01. The van der Waals surface area contributed by atoms with Crippen LogP contribution in [0, 0.1) is 0 Å². The number of hydrogen-bond acceptors (Lipinski definition) is 5. The van der Waals surface area contributed by atoms with E-state index >= 15 is 0 Å². The topological polar surface area (TPSA) is 51.1 Å². The van der Waals surface area contributed by atoms with Crippen molar-refractivity contribution in [2.75, 3.05) is 26.1 Å². The molecule has 3 aromatic rings. The quantitative estimate of drug-likeness (QED) is 0.568. The van der Waals surface area contributed by atoms with Crippen molar-refractivity contribution in [2.24, 2.45) is 0 Å². The molecule has 1 aliphatic carbocycles. The second-order valence-corrected chi connectivity index (χ2v) is 5.58. The molecular weight excluding hydrogens is 276 g/mol. The van der Waals surface area contributed by atoms with E-state index in [9.17, 15) is 0 Å². The Bertz CT molecular complexity index is 889. The van der Waals surface area contributed by atoms with Gasteiger partial charge in [0.25, 0.3) is 0 Å². The fourth-order valence-corrected chi connectivity index (χ4v) is 3.13. The van der Waals surface area contributed by atoms with Gasteiger partial charge in [0.15, 0.2) is 0 Å². The molecule has 0 spiro atoms. The Morgan fingerprint density at radius 2 is 1.86 bits per heavy atom. The van der Waals surface area contributed by atoms with Gasteiger partial charge in [0.1, 0.15) is 5.75 Å². The number of hydrogen-bond donors (Lipinski definition) is 0. The zero-order valence-corrected chi connectivity index (χ0v) is 12.8. The van der Waals surface area contributed by atoms with E-state index in [0.29, 0.717) is 0 Å². The van der Waals surface area contributed by atoms with Gasteiger partial charge in [-0.05, 0) is 12.1 Å². The fourth-order valence-electron chi connectivity index (χ4n) is 3.13. The summed E-state index contributed by atoms with van der Waals surface area (Å²) >= 11 is 0. The van der Waals surface area contributed by atoms with E-state index in [0.717, 1.165) is 51.3 Å². The summed E-state index contributed by atoms with van der Waals surface area (Å²) < 4.78 is 5.46. The lowest BCUT2D eigenvalue weighted by Gasteiger charge is -2.24. The van der Waals surface area contributed by atoms with Crippen molar-refractivity contribution < 1.29 is 4.74 Å².